The molecular formula is C13H14FN3O2. The number of aromatic nitrogens is 2. The second-order valence-corrected chi connectivity index (χ2v) is 4.20. The maximum atomic E-state index is 13.7. The molecule has 0 aliphatic carbocycles. The normalized spacial score (nSPS) is 12.2. The molecule has 19 heavy (non-hydrogen) atoms. The molecule has 1 amide bonds. The number of aliphatic hydroxyl groups is 1. The molecule has 5 nitrogen and oxygen atoms in total. The average molecular weight is 263 g/mol. The molecule has 100 valence electrons. The Balaban J connectivity index is 2.28. The number of aliphatic hydroxyl groups excluding tert-OH is 1. The smallest absolute Gasteiger partial charge is 0.255 e. The van der Waals surface area contributed by atoms with Crippen LogP contribution in [0, 0.1) is 5.82 Å². The van der Waals surface area contributed by atoms with Crippen LogP contribution in [0.5, 0.6) is 0 Å². The summed E-state index contributed by atoms with van der Waals surface area (Å²) in [6.45, 7) is 1.69. The summed E-state index contributed by atoms with van der Waals surface area (Å²) in [7, 11) is 0. The SMILES string of the molecule is CC(O)CNC(=O)c1cn[nH]c1-c1ccccc1F. The van der Waals surface area contributed by atoms with Crippen molar-refractivity contribution in [2.75, 3.05) is 6.54 Å². The third-order valence-electron chi connectivity index (χ3n) is 2.59. The molecule has 0 aliphatic heterocycles. The number of amides is 1. The molecule has 0 bridgehead atoms. The van der Waals surface area contributed by atoms with Gasteiger partial charge in [-0.05, 0) is 19.1 Å². The molecule has 0 radical (unpaired) electrons. The van der Waals surface area contributed by atoms with E-state index in [0.717, 1.165) is 0 Å². The zero-order valence-electron chi connectivity index (χ0n) is 10.4. The second kappa shape index (κ2) is 5.62. The number of hydrogen-bond donors (Lipinski definition) is 3. The summed E-state index contributed by atoms with van der Waals surface area (Å²) in [6.07, 6.45) is 0.687. The van der Waals surface area contributed by atoms with Gasteiger partial charge in [-0.15, -0.1) is 0 Å². The number of carbonyl (C=O) groups excluding carboxylic acids is 1. The van der Waals surface area contributed by atoms with Gasteiger partial charge >= 0.3 is 0 Å². The first-order valence-corrected chi connectivity index (χ1v) is 5.84. The summed E-state index contributed by atoms with van der Waals surface area (Å²) >= 11 is 0. The first kappa shape index (κ1) is 13.2. The maximum Gasteiger partial charge on any atom is 0.255 e. The van der Waals surface area contributed by atoms with Crippen LogP contribution in [0.25, 0.3) is 11.3 Å². The molecule has 0 spiro atoms. The quantitative estimate of drug-likeness (QED) is 0.778. The minimum atomic E-state index is -0.646. The Morgan fingerprint density at radius 2 is 2.26 bits per heavy atom. The van der Waals surface area contributed by atoms with Crippen LogP contribution in [0.15, 0.2) is 30.5 Å². The Morgan fingerprint density at radius 1 is 1.53 bits per heavy atom. The van der Waals surface area contributed by atoms with Gasteiger partial charge in [0, 0.05) is 12.1 Å². The minimum Gasteiger partial charge on any atom is -0.392 e. The van der Waals surface area contributed by atoms with E-state index in [1.54, 1.807) is 25.1 Å². The Bertz CT molecular complexity index is 581. The zero-order chi connectivity index (χ0) is 13.8. The fourth-order valence-corrected chi connectivity index (χ4v) is 1.66. The molecule has 2 aromatic rings. The van der Waals surface area contributed by atoms with Crippen molar-refractivity contribution in [1.82, 2.24) is 15.5 Å². The van der Waals surface area contributed by atoms with E-state index in [0.29, 0.717) is 5.69 Å². The number of halogens is 1. The van der Waals surface area contributed by atoms with Crippen molar-refractivity contribution in [3.63, 3.8) is 0 Å². The summed E-state index contributed by atoms with van der Waals surface area (Å²) in [5.74, 6) is -0.843. The monoisotopic (exact) mass is 263 g/mol. The number of nitrogens with one attached hydrogen (secondary N) is 2. The van der Waals surface area contributed by atoms with Gasteiger partial charge in [-0.3, -0.25) is 9.89 Å². The number of H-pyrrole nitrogens is 1. The molecule has 0 saturated heterocycles. The van der Waals surface area contributed by atoms with Crippen molar-refractivity contribution < 1.29 is 14.3 Å². The lowest BCUT2D eigenvalue weighted by Gasteiger charge is -2.07. The third kappa shape index (κ3) is 2.97. The van der Waals surface area contributed by atoms with Gasteiger partial charge in [0.2, 0.25) is 0 Å². The topological polar surface area (TPSA) is 78.0 Å². The highest BCUT2D eigenvalue weighted by Crippen LogP contribution is 2.23. The summed E-state index contributed by atoms with van der Waals surface area (Å²) in [4.78, 5) is 11.9. The first-order valence-electron chi connectivity index (χ1n) is 5.84. The van der Waals surface area contributed by atoms with E-state index in [4.69, 9.17) is 5.11 Å². The fourth-order valence-electron chi connectivity index (χ4n) is 1.66. The number of carbonyl (C=O) groups is 1. The van der Waals surface area contributed by atoms with Crippen molar-refractivity contribution in [3.8, 4) is 11.3 Å². The Kier molecular flexibility index (Phi) is 3.91. The standard InChI is InChI=1S/C13H14FN3O2/c1-8(18)6-15-13(19)10-7-16-17-12(10)9-4-2-3-5-11(9)14/h2-5,7-8,18H,6H2,1H3,(H,15,19)(H,16,17). The maximum absolute atomic E-state index is 13.7. The van der Waals surface area contributed by atoms with E-state index < -0.39 is 17.8 Å². The molecule has 2 rings (SSSR count). The van der Waals surface area contributed by atoms with Crippen LogP contribution in [-0.4, -0.2) is 33.9 Å². The van der Waals surface area contributed by atoms with Crippen LogP contribution >= 0.6 is 0 Å². The Morgan fingerprint density at radius 3 is 2.95 bits per heavy atom. The largest absolute Gasteiger partial charge is 0.392 e. The van der Waals surface area contributed by atoms with Crippen LogP contribution in [0.1, 0.15) is 17.3 Å². The molecule has 1 aromatic heterocycles. The predicted molar refractivity (Wildman–Crippen MR) is 68.0 cm³/mol. The van der Waals surface area contributed by atoms with Gasteiger partial charge in [0.05, 0.1) is 23.6 Å². The Labute approximate surface area is 109 Å². The molecule has 1 aromatic carbocycles. The average Bonchev–Trinajstić information content (AvgIpc) is 2.85. The van der Waals surface area contributed by atoms with Gasteiger partial charge in [-0.25, -0.2) is 4.39 Å². The number of rotatable bonds is 4. The van der Waals surface area contributed by atoms with Crippen LogP contribution < -0.4 is 5.32 Å². The zero-order valence-corrected chi connectivity index (χ0v) is 10.4. The van der Waals surface area contributed by atoms with E-state index in [9.17, 15) is 9.18 Å². The molecule has 6 heteroatoms. The predicted octanol–water partition coefficient (Wildman–Crippen LogP) is 1.33. The van der Waals surface area contributed by atoms with Crippen molar-refractivity contribution in [1.29, 1.82) is 0 Å². The summed E-state index contributed by atoms with van der Waals surface area (Å²) in [5, 5.41) is 18.1. The lowest BCUT2D eigenvalue weighted by Crippen LogP contribution is -2.30. The van der Waals surface area contributed by atoms with Crippen molar-refractivity contribution in [2.45, 2.75) is 13.0 Å². The summed E-state index contributed by atoms with van der Waals surface area (Å²) < 4.78 is 13.7. The summed E-state index contributed by atoms with van der Waals surface area (Å²) in [5.41, 5.74) is 0.842. The molecule has 1 atom stereocenters. The van der Waals surface area contributed by atoms with Crippen LogP contribution in [-0.2, 0) is 0 Å². The van der Waals surface area contributed by atoms with Gasteiger partial charge in [0.25, 0.3) is 5.91 Å². The highest BCUT2D eigenvalue weighted by molar-refractivity contribution is 5.99. The molecule has 0 fully saturated rings. The van der Waals surface area contributed by atoms with Gasteiger partial charge < -0.3 is 10.4 Å². The van der Waals surface area contributed by atoms with Crippen molar-refractivity contribution in [2.24, 2.45) is 0 Å². The number of benzene rings is 1. The number of nitrogens with zero attached hydrogens (tertiary/aromatic N) is 1. The molecule has 1 unspecified atom stereocenters. The second-order valence-electron chi connectivity index (χ2n) is 4.20. The van der Waals surface area contributed by atoms with E-state index in [2.05, 4.69) is 15.5 Å². The van der Waals surface area contributed by atoms with Crippen LogP contribution in [0.4, 0.5) is 4.39 Å². The Hall–Kier alpha value is -2.21. The molecule has 0 aliphatic rings. The fraction of sp³-hybridized carbons (Fsp3) is 0.231. The van der Waals surface area contributed by atoms with Crippen LogP contribution in [0.3, 0.4) is 0 Å². The lowest BCUT2D eigenvalue weighted by atomic mass is 10.1. The first-order chi connectivity index (χ1) is 9.09. The van der Waals surface area contributed by atoms with E-state index >= 15 is 0 Å². The molecule has 1 heterocycles. The van der Waals surface area contributed by atoms with Gasteiger partial charge in [-0.2, -0.15) is 5.10 Å². The van der Waals surface area contributed by atoms with E-state index in [-0.39, 0.29) is 17.7 Å². The number of aromatic amines is 1. The van der Waals surface area contributed by atoms with Gasteiger partial charge in [-0.1, -0.05) is 12.1 Å². The summed E-state index contributed by atoms with van der Waals surface area (Å²) in [6, 6.07) is 6.13. The molecular weight excluding hydrogens is 249 g/mol. The number of hydrogen-bond acceptors (Lipinski definition) is 3. The van der Waals surface area contributed by atoms with Gasteiger partial charge in [0.1, 0.15) is 5.82 Å². The highest BCUT2D eigenvalue weighted by Gasteiger charge is 2.17. The van der Waals surface area contributed by atoms with Crippen LogP contribution in [0.2, 0.25) is 0 Å². The van der Waals surface area contributed by atoms with Crippen molar-refractivity contribution >= 4 is 5.91 Å². The lowest BCUT2D eigenvalue weighted by molar-refractivity contribution is 0.0924. The van der Waals surface area contributed by atoms with E-state index in [1.807, 2.05) is 0 Å². The molecule has 3 N–H and O–H groups in total. The molecule has 0 saturated carbocycles. The van der Waals surface area contributed by atoms with Crippen molar-refractivity contribution in [3.05, 3.63) is 41.8 Å². The minimum absolute atomic E-state index is 0.126. The van der Waals surface area contributed by atoms with Gasteiger partial charge in [0.15, 0.2) is 0 Å². The van der Waals surface area contributed by atoms with E-state index in [1.165, 1.54) is 12.3 Å². The third-order valence-corrected chi connectivity index (χ3v) is 2.59. The highest BCUT2D eigenvalue weighted by atomic mass is 19.1.